The minimum absolute atomic E-state index is 0.0720. The number of carboxylic acids is 1. The number of fused-ring (bicyclic) bond motifs is 1. The first kappa shape index (κ1) is 16.1. The molecule has 2 aromatic rings. The van der Waals surface area contributed by atoms with Crippen LogP contribution in [0.15, 0.2) is 42.0 Å². The van der Waals surface area contributed by atoms with E-state index in [-0.39, 0.29) is 6.42 Å². The molecule has 0 unspecified atom stereocenters. The van der Waals surface area contributed by atoms with E-state index < -0.39 is 17.6 Å². The Hall–Kier alpha value is -2.75. The number of hydrogen-bond donors (Lipinski definition) is 1. The predicted octanol–water partition coefficient (Wildman–Crippen LogP) is 5.08. The standard InChI is InChI=1S/C20H16F2O2/c1-11-3-5-14-15(8-13-4-6-18(21)19(22)9-13)12(2)16(10-20(23)24)17(14)7-11/h3-9H,10H2,1-2H3,(H,23,24)/b15-8-. The maximum absolute atomic E-state index is 13.5. The Morgan fingerprint density at radius 1 is 1.04 bits per heavy atom. The van der Waals surface area contributed by atoms with E-state index >= 15 is 0 Å². The molecule has 1 aliphatic carbocycles. The molecule has 0 aromatic heterocycles. The van der Waals surface area contributed by atoms with Crippen LogP contribution in [0.1, 0.15) is 35.6 Å². The van der Waals surface area contributed by atoms with Crippen molar-refractivity contribution < 1.29 is 18.7 Å². The number of aliphatic carboxylic acids is 1. The van der Waals surface area contributed by atoms with Crippen LogP contribution < -0.4 is 0 Å². The summed E-state index contributed by atoms with van der Waals surface area (Å²) in [6, 6.07) is 9.58. The Bertz CT molecular complexity index is 908. The Balaban J connectivity index is 2.17. The van der Waals surface area contributed by atoms with E-state index in [1.807, 2.05) is 32.0 Å². The van der Waals surface area contributed by atoms with Crippen LogP contribution in [0.4, 0.5) is 8.78 Å². The van der Waals surface area contributed by atoms with Crippen molar-refractivity contribution in [2.75, 3.05) is 0 Å². The summed E-state index contributed by atoms with van der Waals surface area (Å²) in [5, 5.41) is 9.18. The van der Waals surface area contributed by atoms with E-state index in [0.717, 1.165) is 45.5 Å². The summed E-state index contributed by atoms with van der Waals surface area (Å²) in [5.41, 5.74) is 5.83. The van der Waals surface area contributed by atoms with Gasteiger partial charge in [0, 0.05) is 0 Å². The van der Waals surface area contributed by atoms with Gasteiger partial charge in [-0.3, -0.25) is 4.79 Å². The molecule has 1 N–H and O–H groups in total. The van der Waals surface area contributed by atoms with Crippen molar-refractivity contribution >= 4 is 23.2 Å². The summed E-state index contributed by atoms with van der Waals surface area (Å²) in [4.78, 5) is 11.2. The second kappa shape index (κ2) is 6.04. The molecule has 4 heteroatoms. The average molecular weight is 326 g/mol. The van der Waals surface area contributed by atoms with Crippen molar-refractivity contribution in [1.82, 2.24) is 0 Å². The molecule has 0 saturated carbocycles. The van der Waals surface area contributed by atoms with E-state index in [9.17, 15) is 18.7 Å². The molecule has 0 heterocycles. The first-order valence-electron chi connectivity index (χ1n) is 7.57. The zero-order chi connectivity index (χ0) is 17.4. The monoisotopic (exact) mass is 326 g/mol. The predicted molar refractivity (Wildman–Crippen MR) is 90.3 cm³/mol. The third kappa shape index (κ3) is 2.87. The Morgan fingerprint density at radius 2 is 1.79 bits per heavy atom. The van der Waals surface area contributed by atoms with Crippen molar-refractivity contribution in [1.29, 1.82) is 0 Å². The molecule has 0 radical (unpaired) electrons. The summed E-state index contributed by atoms with van der Waals surface area (Å²) in [6.45, 7) is 3.81. The molecule has 2 nitrogen and oxygen atoms in total. The maximum atomic E-state index is 13.5. The Labute approximate surface area is 138 Å². The van der Waals surface area contributed by atoms with Crippen molar-refractivity contribution in [2.45, 2.75) is 20.3 Å². The number of aryl methyl sites for hydroxylation is 1. The van der Waals surface area contributed by atoms with E-state index in [1.54, 1.807) is 6.08 Å². The quantitative estimate of drug-likeness (QED) is 0.854. The van der Waals surface area contributed by atoms with Crippen LogP contribution >= 0.6 is 0 Å². The second-order valence-electron chi connectivity index (χ2n) is 5.95. The number of carboxylic acid groups (broad SMARTS) is 1. The van der Waals surface area contributed by atoms with Gasteiger partial charge in [-0.15, -0.1) is 0 Å². The molecule has 3 rings (SSSR count). The Morgan fingerprint density at radius 3 is 2.46 bits per heavy atom. The first-order chi connectivity index (χ1) is 11.4. The van der Waals surface area contributed by atoms with Crippen LogP contribution in [0.3, 0.4) is 0 Å². The van der Waals surface area contributed by atoms with Gasteiger partial charge in [-0.25, -0.2) is 8.78 Å². The van der Waals surface area contributed by atoms with Gasteiger partial charge in [0.1, 0.15) is 0 Å². The third-order valence-corrected chi connectivity index (χ3v) is 4.23. The molecule has 122 valence electrons. The van der Waals surface area contributed by atoms with Gasteiger partial charge in [0.25, 0.3) is 0 Å². The summed E-state index contributed by atoms with van der Waals surface area (Å²) in [5.74, 6) is -2.69. The van der Waals surface area contributed by atoms with Gasteiger partial charge in [0.05, 0.1) is 6.42 Å². The van der Waals surface area contributed by atoms with Gasteiger partial charge in [0.15, 0.2) is 11.6 Å². The van der Waals surface area contributed by atoms with E-state index in [1.165, 1.54) is 6.07 Å². The highest BCUT2D eigenvalue weighted by atomic mass is 19.2. The van der Waals surface area contributed by atoms with Gasteiger partial charge < -0.3 is 5.11 Å². The number of benzene rings is 2. The van der Waals surface area contributed by atoms with Gasteiger partial charge in [-0.05, 0) is 65.5 Å². The van der Waals surface area contributed by atoms with Crippen molar-refractivity contribution in [3.63, 3.8) is 0 Å². The lowest BCUT2D eigenvalue weighted by molar-refractivity contribution is -0.135. The summed E-state index contributed by atoms with van der Waals surface area (Å²) in [6.07, 6.45) is 1.69. The maximum Gasteiger partial charge on any atom is 0.307 e. The topological polar surface area (TPSA) is 37.3 Å². The molecule has 2 aromatic carbocycles. The third-order valence-electron chi connectivity index (χ3n) is 4.23. The number of carbonyl (C=O) groups is 1. The fraction of sp³-hybridized carbons (Fsp3) is 0.150. The lowest BCUT2D eigenvalue weighted by atomic mass is 9.99. The number of hydrogen-bond acceptors (Lipinski definition) is 1. The van der Waals surface area contributed by atoms with Crippen molar-refractivity contribution in [2.24, 2.45) is 0 Å². The molecule has 0 bridgehead atoms. The van der Waals surface area contributed by atoms with Gasteiger partial charge >= 0.3 is 5.97 Å². The molecule has 24 heavy (non-hydrogen) atoms. The van der Waals surface area contributed by atoms with Crippen LogP contribution in [0.25, 0.3) is 17.2 Å². The fourth-order valence-corrected chi connectivity index (χ4v) is 3.04. The Kier molecular flexibility index (Phi) is 4.06. The number of rotatable bonds is 3. The lowest BCUT2D eigenvalue weighted by Crippen LogP contribution is -1.97. The minimum Gasteiger partial charge on any atom is -0.481 e. The fourth-order valence-electron chi connectivity index (χ4n) is 3.04. The summed E-state index contributed by atoms with van der Waals surface area (Å²) < 4.78 is 26.6. The highest BCUT2D eigenvalue weighted by molar-refractivity contribution is 6.07. The van der Waals surface area contributed by atoms with Crippen LogP contribution in [0, 0.1) is 18.6 Å². The number of halogens is 2. The molecule has 1 aliphatic rings. The van der Waals surface area contributed by atoms with E-state index in [0.29, 0.717) is 5.56 Å². The van der Waals surface area contributed by atoms with Crippen LogP contribution in [0.5, 0.6) is 0 Å². The van der Waals surface area contributed by atoms with Gasteiger partial charge in [0.2, 0.25) is 0 Å². The van der Waals surface area contributed by atoms with E-state index in [4.69, 9.17) is 0 Å². The molecule has 0 amide bonds. The van der Waals surface area contributed by atoms with Crippen molar-refractivity contribution in [3.05, 3.63) is 75.9 Å². The highest BCUT2D eigenvalue weighted by Crippen LogP contribution is 2.43. The van der Waals surface area contributed by atoms with Crippen LogP contribution in [-0.2, 0) is 4.79 Å². The normalized spacial score (nSPS) is 15.1. The lowest BCUT2D eigenvalue weighted by Gasteiger charge is -2.06. The van der Waals surface area contributed by atoms with Gasteiger partial charge in [-0.2, -0.15) is 0 Å². The van der Waals surface area contributed by atoms with E-state index in [2.05, 4.69) is 0 Å². The molecule has 0 fully saturated rings. The smallest absolute Gasteiger partial charge is 0.307 e. The number of allylic oxidation sites excluding steroid dienone is 2. The highest BCUT2D eigenvalue weighted by Gasteiger charge is 2.25. The SMILES string of the molecule is CC1=C(CC(=O)O)c2cc(C)ccc2/C1=C\c1ccc(F)c(F)c1. The first-order valence-corrected chi connectivity index (χ1v) is 7.57. The summed E-state index contributed by atoms with van der Waals surface area (Å²) in [7, 11) is 0. The molecule has 0 atom stereocenters. The molecular formula is C20H16F2O2. The molecule has 0 aliphatic heterocycles. The minimum atomic E-state index is -0.904. The molecule has 0 spiro atoms. The zero-order valence-corrected chi connectivity index (χ0v) is 13.4. The summed E-state index contributed by atoms with van der Waals surface area (Å²) >= 11 is 0. The van der Waals surface area contributed by atoms with Gasteiger partial charge in [-0.1, -0.05) is 29.8 Å². The van der Waals surface area contributed by atoms with Crippen LogP contribution in [-0.4, -0.2) is 11.1 Å². The molecule has 0 saturated heterocycles. The largest absolute Gasteiger partial charge is 0.481 e. The van der Waals surface area contributed by atoms with Crippen LogP contribution in [0.2, 0.25) is 0 Å². The molecular weight excluding hydrogens is 310 g/mol. The van der Waals surface area contributed by atoms with Crippen molar-refractivity contribution in [3.8, 4) is 0 Å². The average Bonchev–Trinajstić information content (AvgIpc) is 2.76. The second-order valence-corrected chi connectivity index (χ2v) is 5.95. The zero-order valence-electron chi connectivity index (χ0n) is 13.4.